The Kier molecular flexibility index (Phi) is 5.19. The summed E-state index contributed by atoms with van der Waals surface area (Å²) >= 11 is 0. The maximum absolute atomic E-state index is 13.0. The summed E-state index contributed by atoms with van der Waals surface area (Å²) in [7, 11) is -7.06. The van der Waals surface area contributed by atoms with Crippen LogP contribution in [0, 0.1) is 0 Å². The molecule has 1 aliphatic rings. The molecule has 2 rings (SSSR count). The summed E-state index contributed by atoms with van der Waals surface area (Å²) in [6, 6.07) is 6.25. The summed E-state index contributed by atoms with van der Waals surface area (Å²) in [5, 5.41) is 2.16. The standard InChI is InChI=1S/C17H27NO4S2/c1-12(2)18-15-10-23(19,20)11-16(15)24(21,22)14-8-6-13(7-9-14)17(3,4)5/h6-9,12,15-16,18H,10-11H2,1-5H3/t15-,16-/m0/s1. The van der Waals surface area contributed by atoms with Gasteiger partial charge in [0.25, 0.3) is 0 Å². The number of benzene rings is 1. The normalized spacial score (nSPS) is 24.4. The lowest BCUT2D eigenvalue weighted by Gasteiger charge is -2.23. The predicted molar refractivity (Wildman–Crippen MR) is 96.8 cm³/mol. The summed E-state index contributed by atoms with van der Waals surface area (Å²) in [6.07, 6.45) is 0. The predicted octanol–water partition coefficient (Wildman–Crippen LogP) is 1.92. The Hall–Kier alpha value is -0.920. The Morgan fingerprint density at radius 2 is 1.62 bits per heavy atom. The van der Waals surface area contributed by atoms with Gasteiger partial charge in [-0.25, -0.2) is 16.8 Å². The molecular formula is C17H27NO4S2. The molecule has 7 heteroatoms. The van der Waals surface area contributed by atoms with Gasteiger partial charge in [-0.15, -0.1) is 0 Å². The van der Waals surface area contributed by atoms with Gasteiger partial charge in [0.05, 0.1) is 21.7 Å². The van der Waals surface area contributed by atoms with Crippen LogP contribution in [0.5, 0.6) is 0 Å². The Morgan fingerprint density at radius 1 is 1.08 bits per heavy atom. The molecule has 1 aromatic carbocycles. The van der Waals surface area contributed by atoms with E-state index >= 15 is 0 Å². The number of nitrogens with one attached hydrogen (secondary N) is 1. The second-order valence-corrected chi connectivity index (χ2v) is 12.2. The molecule has 1 fully saturated rings. The minimum atomic E-state index is -3.71. The molecule has 0 spiro atoms. The molecule has 0 amide bonds. The first-order valence-electron chi connectivity index (χ1n) is 8.14. The van der Waals surface area contributed by atoms with Crippen molar-refractivity contribution in [2.45, 2.75) is 62.3 Å². The lowest BCUT2D eigenvalue weighted by atomic mass is 9.87. The average molecular weight is 374 g/mol. The molecule has 1 N–H and O–H groups in total. The molecule has 1 aromatic rings. The summed E-state index contributed by atoms with van der Waals surface area (Å²) in [5.74, 6) is -0.449. The van der Waals surface area contributed by atoms with E-state index in [0.717, 1.165) is 5.56 Å². The molecule has 1 saturated heterocycles. The molecule has 0 bridgehead atoms. The zero-order valence-electron chi connectivity index (χ0n) is 14.9. The van der Waals surface area contributed by atoms with Gasteiger partial charge in [-0.05, 0) is 23.1 Å². The van der Waals surface area contributed by atoms with Crippen molar-refractivity contribution in [3.05, 3.63) is 29.8 Å². The fraction of sp³-hybridized carbons (Fsp3) is 0.647. The van der Waals surface area contributed by atoms with Crippen molar-refractivity contribution >= 4 is 19.7 Å². The highest BCUT2D eigenvalue weighted by atomic mass is 32.2. The molecule has 1 heterocycles. The van der Waals surface area contributed by atoms with E-state index in [1.54, 1.807) is 24.3 Å². The van der Waals surface area contributed by atoms with Crippen LogP contribution in [0.4, 0.5) is 0 Å². The van der Waals surface area contributed by atoms with Gasteiger partial charge in [0.2, 0.25) is 0 Å². The lowest BCUT2D eigenvalue weighted by Crippen LogP contribution is -2.46. The number of hydrogen-bond donors (Lipinski definition) is 1. The first kappa shape index (κ1) is 19.4. The van der Waals surface area contributed by atoms with Crippen LogP contribution < -0.4 is 5.32 Å². The van der Waals surface area contributed by atoms with Gasteiger partial charge in [-0.1, -0.05) is 46.8 Å². The van der Waals surface area contributed by atoms with Crippen molar-refractivity contribution in [1.29, 1.82) is 0 Å². The van der Waals surface area contributed by atoms with Crippen LogP contribution in [0.1, 0.15) is 40.2 Å². The highest BCUT2D eigenvalue weighted by molar-refractivity contribution is 7.96. The fourth-order valence-corrected chi connectivity index (χ4v) is 7.70. The quantitative estimate of drug-likeness (QED) is 0.872. The molecule has 0 saturated carbocycles. The maximum atomic E-state index is 13.0. The third-order valence-corrected chi connectivity index (χ3v) is 8.46. The van der Waals surface area contributed by atoms with E-state index in [-0.39, 0.29) is 27.9 Å². The molecule has 1 aliphatic heterocycles. The van der Waals surface area contributed by atoms with Gasteiger partial charge < -0.3 is 5.32 Å². The van der Waals surface area contributed by atoms with Crippen LogP contribution >= 0.6 is 0 Å². The Labute approximate surface area is 145 Å². The number of hydrogen-bond acceptors (Lipinski definition) is 5. The number of sulfone groups is 2. The first-order chi connectivity index (χ1) is 10.8. The van der Waals surface area contributed by atoms with Crippen molar-refractivity contribution in [3.8, 4) is 0 Å². The fourth-order valence-electron chi connectivity index (χ4n) is 3.02. The van der Waals surface area contributed by atoms with Gasteiger partial charge in [-0.3, -0.25) is 0 Å². The summed E-state index contributed by atoms with van der Waals surface area (Å²) < 4.78 is 49.9. The van der Waals surface area contributed by atoms with Crippen LogP contribution in [-0.2, 0) is 25.1 Å². The van der Waals surface area contributed by atoms with Crippen LogP contribution in [0.15, 0.2) is 29.2 Å². The van der Waals surface area contributed by atoms with E-state index < -0.39 is 31.0 Å². The maximum Gasteiger partial charge on any atom is 0.183 e. The van der Waals surface area contributed by atoms with Gasteiger partial charge in [0.1, 0.15) is 0 Å². The number of rotatable bonds is 4. The average Bonchev–Trinajstić information content (AvgIpc) is 2.72. The van der Waals surface area contributed by atoms with Gasteiger partial charge in [0.15, 0.2) is 19.7 Å². The van der Waals surface area contributed by atoms with Crippen molar-refractivity contribution in [2.75, 3.05) is 11.5 Å². The second kappa shape index (κ2) is 6.42. The highest BCUT2D eigenvalue weighted by Gasteiger charge is 2.45. The van der Waals surface area contributed by atoms with E-state index in [1.165, 1.54) is 0 Å². The SMILES string of the molecule is CC(C)N[C@H]1CS(=O)(=O)C[C@@H]1S(=O)(=O)c1ccc(C(C)(C)C)cc1. The minimum absolute atomic E-state index is 0.0178. The molecule has 136 valence electrons. The molecule has 0 aromatic heterocycles. The van der Waals surface area contributed by atoms with E-state index in [1.807, 2.05) is 13.8 Å². The van der Waals surface area contributed by atoms with E-state index in [9.17, 15) is 16.8 Å². The van der Waals surface area contributed by atoms with Crippen LogP contribution in [-0.4, -0.2) is 45.7 Å². The third-order valence-electron chi connectivity index (χ3n) is 4.30. The summed E-state index contributed by atoms with van der Waals surface area (Å²) in [6.45, 7) is 9.94. The van der Waals surface area contributed by atoms with Gasteiger partial charge in [0, 0.05) is 12.1 Å². The summed E-state index contributed by atoms with van der Waals surface area (Å²) in [4.78, 5) is 0.188. The largest absolute Gasteiger partial charge is 0.309 e. The van der Waals surface area contributed by atoms with Crippen LogP contribution in [0.2, 0.25) is 0 Å². The Morgan fingerprint density at radius 3 is 2.08 bits per heavy atom. The zero-order chi connectivity index (χ0) is 18.3. The second-order valence-electron chi connectivity index (χ2n) is 7.86. The molecular weight excluding hydrogens is 346 g/mol. The van der Waals surface area contributed by atoms with E-state index in [4.69, 9.17) is 0 Å². The van der Waals surface area contributed by atoms with Crippen molar-refractivity contribution in [3.63, 3.8) is 0 Å². The first-order valence-corrected chi connectivity index (χ1v) is 11.5. The molecule has 0 aliphatic carbocycles. The van der Waals surface area contributed by atoms with Crippen molar-refractivity contribution < 1.29 is 16.8 Å². The summed E-state index contributed by atoms with van der Waals surface area (Å²) in [5.41, 5.74) is 0.970. The topological polar surface area (TPSA) is 80.3 Å². The zero-order valence-corrected chi connectivity index (χ0v) is 16.5. The van der Waals surface area contributed by atoms with Crippen molar-refractivity contribution in [1.82, 2.24) is 5.32 Å². The van der Waals surface area contributed by atoms with Crippen LogP contribution in [0.25, 0.3) is 0 Å². The van der Waals surface area contributed by atoms with Crippen molar-refractivity contribution in [2.24, 2.45) is 0 Å². The molecule has 24 heavy (non-hydrogen) atoms. The van der Waals surface area contributed by atoms with E-state index in [0.29, 0.717) is 0 Å². The Balaban J connectivity index is 2.38. The third kappa shape index (κ3) is 4.18. The molecule has 5 nitrogen and oxygen atoms in total. The van der Waals surface area contributed by atoms with Crippen LogP contribution in [0.3, 0.4) is 0 Å². The molecule has 0 unspecified atom stereocenters. The lowest BCUT2D eigenvalue weighted by molar-refractivity contribution is 0.484. The van der Waals surface area contributed by atoms with E-state index in [2.05, 4.69) is 26.1 Å². The molecule has 0 radical (unpaired) electrons. The van der Waals surface area contributed by atoms with Gasteiger partial charge >= 0.3 is 0 Å². The highest BCUT2D eigenvalue weighted by Crippen LogP contribution is 2.28. The Bertz CT molecular complexity index is 788. The monoisotopic (exact) mass is 373 g/mol. The smallest absolute Gasteiger partial charge is 0.183 e. The van der Waals surface area contributed by atoms with Gasteiger partial charge in [-0.2, -0.15) is 0 Å². The molecule has 2 atom stereocenters. The minimum Gasteiger partial charge on any atom is -0.309 e.